The summed E-state index contributed by atoms with van der Waals surface area (Å²) < 4.78 is 27.0. The van der Waals surface area contributed by atoms with Gasteiger partial charge in [-0.15, -0.1) is 0 Å². The minimum atomic E-state index is -3.33. The van der Waals surface area contributed by atoms with E-state index in [1.165, 1.54) is 11.4 Å². The van der Waals surface area contributed by atoms with Gasteiger partial charge in [0.25, 0.3) is 10.2 Å². The molecule has 2 rings (SSSR count). The molecule has 0 fully saturated rings. The summed E-state index contributed by atoms with van der Waals surface area (Å²) in [7, 11) is -1.91. The van der Waals surface area contributed by atoms with Crippen LogP contribution in [0.5, 0.6) is 0 Å². The molecule has 16 heavy (non-hydrogen) atoms. The Morgan fingerprint density at radius 1 is 1.44 bits per heavy atom. The molecule has 0 bridgehead atoms. The predicted octanol–water partition coefficient (Wildman–Crippen LogP) is 0.0911. The van der Waals surface area contributed by atoms with Crippen LogP contribution in [0.4, 0.5) is 5.69 Å². The normalized spacial score (nSPS) is 17.1. The van der Waals surface area contributed by atoms with Crippen molar-refractivity contribution in [1.82, 2.24) is 9.03 Å². The molecular formula is C10H15N3O2S. The molecule has 0 aliphatic carbocycles. The topological polar surface area (TPSA) is 75.4 Å². The smallest absolute Gasteiger partial charge is 0.279 e. The van der Waals surface area contributed by atoms with Gasteiger partial charge in [-0.05, 0) is 23.6 Å². The van der Waals surface area contributed by atoms with Gasteiger partial charge >= 0.3 is 0 Å². The van der Waals surface area contributed by atoms with Gasteiger partial charge in [-0.1, -0.05) is 12.1 Å². The number of nitrogens with two attached hydrogens (primary N) is 1. The second kappa shape index (κ2) is 4.04. The molecule has 0 spiro atoms. The summed E-state index contributed by atoms with van der Waals surface area (Å²) in [5.74, 6) is 0. The summed E-state index contributed by atoms with van der Waals surface area (Å²) in [5, 5.41) is 0. The fraction of sp³-hybridized carbons (Fsp3) is 0.400. The molecule has 0 radical (unpaired) electrons. The van der Waals surface area contributed by atoms with Crippen molar-refractivity contribution in [3.05, 3.63) is 29.3 Å². The second-order valence-electron chi connectivity index (χ2n) is 3.78. The van der Waals surface area contributed by atoms with E-state index in [0.29, 0.717) is 19.5 Å². The number of fused-ring (bicyclic) bond motifs is 1. The van der Waals surface area contributed by atoms with Crippen LogP contribution in [0.25, 0.3) is 0 Å². The molecule has 1 heterocycles. The van der Waals surface area contributed by atoms with Crippen molar-refractivity contribution in [1.29, 1.82) is 0 Å². The molecule has 1 aromatic rings. The van der Waals surface area contributed by atoms with E-state index in [1.807, 2.05) is 18.2 Å². The van der Waals surface area contributed by atoms with E-state index >= 15 is 0 Å². The number of hydrogen-bond donors (Lipinski definition) is 2. The lowest BCUT2D eigenvalue weighted by molar-refractivity contribution is 0.387. The molecule has 0 unspecified atom stereocenters. The molecule has 1 aromatic carbocycles. The monoisotopic (exact) mass is 241 g/mol. The molecule has 6 heteroatoms. The first kappa shape index (κ1) is 11.4. The van der Waals surface area contributed by atoms with Crippen molar-refractivity contribution in [2.75, 3.05) is 19.3 Å². The fourth-order valence-electron chi connectivity index (χ4n) is 1.95. The molecule has 5 nitrogen and oxygen atoms in total. The maximum Gasteiger partial charge on any atom is 0.279 e. The lowest BCUT2D eigenvalue weighted by Gasteiger charge is -2.28. The van der Waals surface area contributed by atoms with Gasteiger partial charge in [0.2, 0.25) is 0 Å². The zero-order chi connectivity index (χ0) is 11.8. The SMILES string of the molecule is CNS(=O)(=O)N1CCc2c(N)cccc2C1. The maximum absolute atomic E-state index is 11.6. The van der Waals surface area contributed by atoms with Gasteiger partial charge in [-0.25, -0.2) is 4.72 Å². The molecule has 0 aromatic heterocycles. The van der Waals surface area contributed by atoms with Crippen LogP contribution >= 0.6 is 0 Å². The molecule has 1 aliphatic rings. The number of anilines is 1. The Kier molecular flexibility index (Phi) is 2.88. The second-order valence-corrected chi connectivity index (χ2v) is 5.65. The molecule has 1 aliphatic heterocycles. The van der Waals surface area contributed by atoms with E-state index in [1.54, 1.807) is 0 Å². The summed E-state index contributed by atoms with van der Waals surface area (Å²) in [4.78, 5) is 0. The van der Waals surface area contributed by atoms with Gasteiger partial charge in [0, 0.05) is 25.8 Å². The van der Waals surface area contributed by atoms with E-state index < -0.39 is 10.2 Å². The Balaban J connectivity index is 2.32. The van der Waals surface area contributed by atoms with Crippen molar-refractivity contribution in [3.8, 4) is 0 Å². The summed E-state index contributed by atoms with van der Waals surface area (Å²) in [5.41, 5.74) is 8.66. The highest BCUT2D eigenvalue weighted by molar-refractivity contribution is 7.87. The summed E-state index contributed by atoms with van der Waals surface area (Å²) >= 11 is 0. The van der Waals surface area contributed by atoms with Crippen LogP contribution in [-0.4, -0.2) is 26.3 Å². The van der Waals surface area contributed by atoms with Gasteiger partial charge in [0.1, 0.15) is 0 Å². The first-order valence-electron chi connectivity index (χ1n) is 5.09. The van der Waals surface area contributed by atoms with Crippen molar-refractivity contribution >= 4 is 15.9 Å². The van der Waals surface area contributed by atoms with Crippen LogP contribution in [0.2, 0.25) is 0 Å². The highest BCUT2D eigenvalue weighted by Gasteiger charge is 2.25. The van der Waals surface area contributed by atoms with E-state index in [0.717, 1.165) is 16.8 Å². The number of nitrogen functional groups attached to an aromatic ring is 1. The third kappa shape index (κ3) is 1.91. The van der Waals surface area contributed by atoms with Gasteiger partial charge in [-0.3, -0.25) is 0 Å². The minimum Gasteiger partial charge on any atom is -0.398 e. The zero-order valence-corrected chi connectivity index (χ0v) is 9.92. The Labute approximate surface area is 95.4 Å². The third-order valence-electron chi connectivity index (χ3n) is 2.87. The third-order valence-corrected chi connectivity index (χ3v) is 4.37. The molecule has 0 amide bonds. The largest absolute Gasteiger partial charge is 0.398 e. The van der Waals surface area contributed by atoms with Crippen molar-refractivity contribution < 1.29 is 8.42 Å². The Morgan fingerprint density at radius 3 is 2.88 bits per heavy atom. The van der Waals surface area contributed by atoms with Crippen LogP contribution < -0.4 is 10.5 Å². The van der Waals surface area contributed by atoms with E-state index in [4.69, 9.17) is 5.73 Å². The first-order chi connectivity index (χ1) is 7.54. The molecule has 3 N–H and O–H groups in total. The van der Waals surface area contributed by atoms with Gasteiger partial charge in [-0.2, -0.15) is 12.7 Å². The molecular weight excluding hydrogens is 226 g/mol. The van der Waals surface area contributed by atoms with Crippen LogP contribution in [-0.2, 0) is 23.2 Å². The van der Waals surface area contributed by atoms with Crippen LogP contribution in [0.3, 0.4) is 0 Å². The molecule has 0 saturated carbocycles. The summed E-state index contributed by atoms with van der Waals surface area (Å²) in [6.45, 7) is 0.869. The van der Waals surface area contributed by atoms with Gasteiger partial charge in [0.05, 0.1) is 0 Å². The molecule has 0 saturated heterocycles. The standard InChI is InChI=1S/C10H15N3O2S/c1-12-16(14,15)13-6-5-9-8(7-13)3-2-4-10(9)11/h2-4,12H,5-7,11H2,1H3. The average molecular weight is 241 g/mol. The van der Waals surface area contributed by atoms with Crippen molar-refractivity contribution in [3.63, 3.8) is 0 Å². The van der Waals surface area contributed by atoms with E-state index in [-0.39, 0.29) is 0 Å². The number of benzene rings is 1. The Morgan fingerprint density at radius 2 is 2.19 bits per heavy atom. The van der Waals surface area contributed by atoms with E-state index in [9.17, 15) is 8.42 Å². The number of nitrogens with zero attached hydrogens (tertiary/aromatic N) is 1. The zero-order valence-electron chi connectivity index (χ0n) is 9.10. The van der Waals surface area contributed by atoms with Crippen molar-refractivity contribution in [2.45, 2.75) is 13.0 Å². The number of rotatable bonds is 2. The number of nitrogens with one attached hydrogen (secondary N) is 1. The maximum atomic E-state index is 11.6. The lowest BCUT2D eigenvalue weighted by Crippen LogP contribution is -2.42. The van der Waals surface area contributed by atoms with Crippen molar-refractivity contribution in [2.24, 2.45) is 0 Å². The quantitative estimate of drug-likeness (QED) is 0.721. The van der Waals surface area contributed by atoms with Gasteiger partial charge < -0.3 is 5.73 Å². The fourth-order valence-corrected chi connectivity index (χ4v) is 2.85. The lowest BCUT2D eigenvalue weighted by atomic mass is 9.99. The Bertz CT molecular complexity index is 499. The molecule has 88 valence electrons. The van der Waals surface area contributed by atoms with Crippen LogP contribution in [0.15, 0.2) is 18.2 Å². The van der Waals surface area contributed by atoms with Crippen LogP contribution in [0, 0.1) is 0 Å². The first-order valence-corrected chi connectivity index (χ1v) is 6.53. The van der Waals surface area contributed by atoms with E-state index in [2.05, 4.69) is 4.72 Å². The van der Waals surface area contributed by atoms with Gasteiger partial charge in [0.15, 0.2) is 0 Å². The predicted molar refractivity (Wildman–Crippen MR) is 62.9 cm³/mol. The highest BCUT2D eigenvalue weighted by atomic mass is 32.2. The number of hydrogen-bond acceptors (Lipinski definition) is 3. The summed E-state index contributed by atoms with van der Waals surface area (Å²) in [6.07, 6.45) is 0.670. The van der Waals surface area contributed by atoms with Crippen LogP contribution in [0.1, 0.15) is 11.1 Å². The summed E-state index contributed by atoms with van der Waals surface area (Å²) in [6, 6.07) is 5.62. The molecule has 0 atom stereocenters. The Hall–Kier alpha value is -1.11. The minimum absolute atomic E-state index is 0.392. The highest BCUT2D eigenvalue weighted by Crippen LogP contribution is 2.24. The average Bonchev–Trinajstić information content (AvgIpc) is 2.29.